The zero-order chi connectivity index (χ0) is 13.7. The molecule has 1 aromatic carbocycles. The summed E-state index contributed by atoms with van der Waals surface area (Å²) in [6.45, 7) is 5.55. The van der Waals surface area contributed by atoms with Gasteiger partial charge < -0.3 is 10.4 Å². The average Bonchev–Trinajstić information content (AvgIpc) is 2.39. The third-order valence-corrected chi connectivity index (χ3v) is 3.24. The second-order valence-corrected chi connectivity index (χ2v) is 5.34. The van der Waals surface area contributed by atoms with Crippen molar-refractivity contribution in [2.45, 2.75) is 32.3 Å². The Labute approximate surface area is 114 Å². The van der Waals surface area contributed by atoms with Crippen molar-refractivity contribution >= 4 is 10.9 Å². The molecule has 1 atom stereocenters. The Bertz CT molecular complexity index is 532. The Morgan fingerprint density at radius 3 is 2.84 bits per heavy atom. The van der Waals surface area contributed by atoms with Gasteiger partial charge in [0, 0.05) is 24.5 Å². The van der Waals surface area contributed by atoms with Crippen LogP contribution in [0.3, 0.4) is 0 Å². The van der Waals surface area contributed by atoms with Crippen LogP contribution in [0.5, 0.6) is 0 Å². The van der Waals surface area contributed by atoms with Gasteiger partial charge in [-0.15, -0.1) is 0 Å². The number of nitrogens with one attached hydrogen (secondary N) is 1. The smallest absolute Gasteiger partial charge is 0.0783 e. The highest BCUT2D eigenvalue weighted by atomic mass is 16.3. The minimum atomic E-state index is -0.737. The molecule has 2 N–H and O–H groups in total. The van der Waals surface area contributed by atoms with Crippen molar-refractivity contribution in [3.05, 3.63) is 42.1 Å². The Hall–Kier alpha value is -1.45. The van der Waals surface area contributed by atoms with E-state index in [9.17, 15) is 5.11 Å². The van der Waals surface area contributed by atoms with Crippen LogP contribution in [0.15, 0.2) is 36.5 Å². The third kappa shape index (κ3) is 3.75. The fourth-order valence-electron chi connectivity index (χ4n) is 2.32. The first-order chi connectivity index (χ1) is 9.12. The molecule has 0 spiro atoms. The van der Waals surface area contributed by atoms with Crippen LogP contribution in [0.4, 0.5) is 0 Å². The van der Waals surface area contributed by atoms with Crippen LogP contribution in [0, 0.1) is 0 Å². The van der Waals surface area contributed by atoms with Crippen molar-refractivity contribution in [3.63, 3.8) is 0 Å². The van der Waals surface area contributed by atoms with E-state index in [0.717, 1.165) is 29.4 Å². The van der Waals surface area contributed by atoms with Crippen molar-refractivity contribution in [1.29, 1.82) is 0 Å². The van der Waals surface area contributed by atoms with Crippen LogP contribution in [-0.2, 0) is 6.42 Å². The van der Waals surface area contributed by atoms with E-state index in [4.69, 9.17) is 0 Å². The number of nitrogens with zero attached hydrogens (tertiary/aromatic N) is 1. The van der Waals surface area contributed by atoms with Crippen LogP contribution in [-0.4, -0.2) is 28.8 Å². The standard InChI is InChI=1S/C16H22N2O/c1-3-9-17-12-16(2,19)11-13-8-10-18-15-7-5-4-6-14(13)15/h4-8,10,17,19H,3,9,11-12H2,1-2H3. The Kier molecular flexibility index (Phi) is 4.51. The maximum atomic E-state index is 10.5. The molecule has 3 nitrogen and oxygen atoms in total. The lowest BCUT2D eigenvalue weighted by atomic mass is 9.94. The Morgan fingerprint density at radius 1 is 1.26 bits per heavy atom. The van der Waals surface area contributed by atoms with E-state index in [1.165, 1.54) is 0 Å². The predicted octanol–water partition coefficient (Wildman–Crippen LogP) is 2.53. The minimum absolute atomic E-state index is 0.609. The molecule has 0 aliphatic heterocycles. The molecule has 1 heterocycles. The quantitative estimate of drug-likeness (QED) is 0.783. The van der Waals surface area contributed by atoms with E-state index in [2.05, 4.69) is 23.3 Å². The number of hydrogen-bond donors (Lipinski definition) is 2. The summed E-state index contributed by atoms with van der Waals surface area (Å²) >= 11 is 0. The average molecular weight is 258 g/mol. The Morgan fingerprint density at radius 2 is 2.05 bits per heavy atom. The van der Waals surface area contributed by atoms with Crippen LogP contribution < -0.4 is 5.32 Å². The van der Waals surface area contributed by atoms with Crippen molar-refractivity contribution in [1.82, 2.24) is 10.3 Å². The summed E-state index contributed by atoms with van der Waals surface area (Å²) in [7, 11) is 0. The normalized spacial score (nSPS) is 14.5. The summed E-state index contributed by atoms with van der Waals surface area (Å²) in [5.74, 6) is 0. The van der Waals surface area contributed by atoms with Gasteiger partial charge in [0.15, 0.2) is 0 Å². The second kappa shape index (κ2) is 6.13. The molecule has 0 radical (unpaired) electrons. The minimum Gasteiger partial charge on any atom is -0.389 e. The number of pyridine rings is 1. The largest absolute Gasteiger partial charge is 0.389 e. The number of para-hydroxylation sites is 1. The van der Waals surface area contributed by atoms with Crippen molar-refractivity contribution < 1.29 is 5.11 Å². The molecule has 2 rings (SSSR count). The van der Waals surface area contributed by atoms with Crippen LogP contribution in [0.2, 0.25) is 0 Å². The van der Waals surface area contributed by atoms with Gasteiger partial charge in [-0.25, -0.2) is 0 Å². The SMILES string of the molecule is CCCNCC(C)(O)Cc1ccnc2ccccc12. The fourth-order valence-corrected chi connectivity index (χ4v) is 2.32. The van der Waals surface area contributed by atoms with Gasteiger partial charge >= 0.3 is 0 Å². The van der Waals surface area contributed by atoms with Crippen molar-refractivity contribution in [3.8, 4) is 0 Å². The molecule has 0 aliphatic rings. The maximum Gasteiger partial charge on any atom is 0.0783 e. The molecular formula is C16H22N2O. The second-order valence-electron chi connectivity index (χ2n) is 5.34. The lowest BCUT2D eigenvalue weighted by Gasteiger charge is -2.24. The van der Waals surface area contributed by atoms with Crippen molar-refractivity contribution in [2.24, 2.45) is 0 Å². The summed E-state index contributed by atoms with van der Waals surface area (Å²) in [6, 6.07) is 10.1. The van der Waals surface area contributed by atoms with Gasteiger partial charge in [-0.05, 0) is 37.6 Å². The molecule has 0 amide bonds. The molecule has 0 saturated carbocycles. The number of hydrogen-bond acceptors (Lipinski definition) is 3. The fraction of sp³-hybridized carbons (Fsp3) is 0.438. The van der Waals surface area contributed by atoms with Gasteiger partial charge in [-0.1, -0.05) is 25.1 Å². The molecule has 3 heteroatoms. The van der Waals surface area contributed by atoms with Gasteiger partial charge in [0.25, 0.3) is 0 Å². The number of aliphatic hydroxyl groups is 1. The lowest BCUT2D eigenvalue weighted by molar-refractivity contribution is 0.0607. The Balaban J connectivity index is 2.16. The molecular weight excluding hydrogens is 236 g/mol. The molecule has 0 saturated heterocycles. The van der Waals surface area contributed by atoms with Crippen LogP contribution in [0.25, 0.3) is 10.9 Å². The molecule has 0 aliphatic carbocycles. The zero-order valence-corrected chi connectivity index (χ0v) is 11.7. The van der Waals surface area contributed by atoms with Crippen LogP contribution in [0.1, 0.15) is 25.8 Å². The first kappa shape index (κ1) is 14.0. The van der Waals surface area contributed by atoms with Gasteiger partial charge in [-0.2, -0.15) is 0 Å². The summed E-state index contributed by atoms with van der Waals surface area (Å²) in [5.41, 5.74) is 1.39. The van der Waals surface area contributed by atoms with Crippen molar-refractivity contribution in [2.75, 3.05) is 13.1 Å². The maximum absolute atomic E-state index is 10.5. The summed E-state index contributed by atoms with van der Waals surface area (Å²) in [6.07, 6.45) is 3.52. The van der Waals surface area contributed by atoms with E-state index < -0.39 is 5.60 Å². The third-order valence-electron chi connectivity index (χ3n) is 3.24. The highest BCUT2D eigenvalue weighted by Crippen LogP contribution is 2.20. The predicted molar refractivity (Wildman–Crippen MR) is 79.2 cm³/mol. The van der Waals surface area contributed by atoms with Gasteiger partial charge in [0.2, 0.25) is 0 Å². The first-order valence-corrected chi connectivity index (χ1v) is 6.88. The number of rotatable bonds is 6. The highest BCUT2D eigenvalue weighted by molar-refractivity contribution is 5.81. The summed E-state index contributed by atoms with van der Waals surface area (Å²) in [5, 5.41) is 14.9. The molecule has 2 aromatic rings. The summed E-state index contributed by atoms with van der Waals surface area (Å²) < 4.78 is 0. The zero-order valence-electron chi connectivity index (χ0n) is 11.7. The topological polar surface area (TPSA) is 45.1 Å². The van der Waals surface area contributed by atoms with Gasteiger partial charge in [0.1, 0.15) is 0 Å². The van der Waals surface area contributed by atoms with E-state index in [0.29, 0.717) is 13.0 Å². The van der Waals surface area contributed by atoms with Gasteiger partial charge in [0.05, 0.1) is 11.1 Å². The molecule has 0 bridgehead atoms. The van der Waals surface area contributed by atoms with E-state index in [1.807, 2.05) is 37.4 Å². The van der Waals surface area contributed by atoms with Gasteiger partial charge in [-0.3, -0.25) is 4.98 Å². The van der Waals surface area contributed by atoms with Crippen LogP contribution >= 0.6 is 0 Å². The van der Waals surface area contributed by atoms with E-state index in [-0.39, 0.29) is 0 Å². The molecule has 102 valence electrons. The molecule has 1 unspecified atom stereocenters. The first-order valence-electron chi connectivity index (χ1n) is 6.88. The lowest BCUT2D eigenvalue weighted by Crippen LogP contribution is -2.40. The molecule has 1 aromatic heterocycles. The summed E-state index contributed by atoms with van der Waals surface area (Å²) in [4.78, 5) is 4.35. The molecule has 0 fully saturated rings. The number of fused-ring (bicyclic) bond motifs is 1. The van der Waals surface area contributed by atoms with E-state index in [1.54, 1.807) is 0 Å². The number of benzene rings is 1. The monoisotopic (exact) mass is 258 g/mol. The molecule has 19 heavy (non-hydrogen) atoms. The van der Waals surface area contributed by atoms with E-state index >= 15 is 0 Å². The highest BCUT2D eigenvalue weighted by Gasteiger charge is 2.21. The number of aromatic nitrogens is 1.